The van der Waals surface area contributed by atoms with Crippen molar-refractivity contribution in [1.29, 1.82) is 0 Å². The van der Waals surface area contributed by atoms with Gasteiger partial charge in [-0.05, 0) is 37.0 Å². The normalized spacial score (nSPS) is 14.6. The number of fused-ring (bicyclic) bond motifs is 1. The predicted octanol–water partition coefficient (Wildman–Crippen LogP) is 3.77. The quantitative estimate of drug-likeness (QED) is 0.500. The van der Waals surface area contributed by atoms with Crippen LogP contribution in [0.4, 0.5) is 0 Å². The molecule has 1 saturated carbocycles. The van der Waals surface area contributed by atoms with Gasteiger partial charge in [0.05, 0.1) is 11.1 Å². The van der Waals surface area contributed by atoms with Gasteiger partial charge in [-0.15, -0.1) is 0 Å². The van der Waals surface area contributed by atoms with Gasteiger partial charge in [0.15, 0.2) is 11.5 Å². The van der Waals surface area contributed by atoms with Crippen LogP contribution in [0.15, 0.2) is 63.9 Å². The summed E-state index contributed by atoms with van der Waals surface area (Å²) in [6.07, 6.45) is 2.13. The van der Waals surface area contributed by atoms with Gasteiger partial charge in [0.25, 0.3) is 11.5 Å². The van der Waals surface area contributed by atoms with E-state index in [1.54, 1.807) is 36.4 Å². The average molecular weight is 429 g/mol. The number of para-hydroxylation sites is 1. The van der Waals surface area contributed by atoms with Crippen molar-refractivity contribution in [1.82, 2.24) is 25.2 Å². The van der Waals surface area contributed by atoms with Gasteiger partial charge in [-0.25, -0.2) is 0 Å². The van der Waals surface area contributed by atoms with Crippen LogP contribution in [0.3, 0.4) is 0 Å². The molecule has 1 aliphatic carbocycles. The Kier molecular flexibility index (Phi) is 5.05. The van der Waals surface area contributed by atoms with Crippen LogP contribution in [0.25, 0.3) is 16.5 Å². The van der Waals surface area contributed by atoms with E-state index in [0.717, 1.165) is 12.8 Å². The van der Waals surface area contributed by atoms with E-state index in [4.69, 9.17) is 4.52 Å². The van der Waals surface area contributed by atoms with Crippen LogP contribution in [0.1, 0.15) is 60.9 Å². The number of carbonyl (C=O) groups is 1. The minimum atomic E-state index is -0.472. The number of amides is 1. The molecule has 162 valence electrons. The number of aromatic nitrogens is 4. The Morgan fingerprint density at radius 3 is 2.44 bits per heavy atom. The van der Waals surface area contributed by atoms with Crippen LogP contribution >= 0.6 is 0 Å². The topological polar surface area (TPSA) is 103 Å². The van der Waals surface area contributed by atoms with Crippen molar-refractivity contribution in [3.05, 3.63) is 82.4 Å². The highest BCUT2D eigenvalue weighted by Crippen LogP contribution is 2.38. The number of nitrogens with one attached hydrogen (secondary N) is 1. The van der Waals surface area contributed by atoms with E-state index in [1.807, 2.05) is 32.0 Å². The first-order chi connectivity index (χ1) is 15.5. The van der Waals surface area contributed by atoms with E-state index in [0.29, 0.717) is 34.1 Å². The third-order valence-corrected chi connectivity index (χ3v) is 5.64. The smallest absolute Gasteiger partial charge is 0.279 e. The summed E-state index contributed by atoms with van der Waals surface area (Å²) in [4.78, 5) is 31.0. The van der Waals surface area contributed by atoms with E-state index >= 15 is 0 Å². The summed E-state index contributed by atoms with van der Waals surface area (Å²) in [5.74, 6) is 1.04. The third kappa shape index (κ3) is 3.68. The number of carbonyl (C=O) groups excluding carboxylic acids is 1. The van der Waals surface area contributed by atoms with E-state index in [-0.39, 0.29) is 17.2 Å². The highest BCUT2D eigenvalue weighted by Gasteiger charge is 2.32. The summed E-state index contributed by atoms with van der Waals surface area (Å²) in [5, 5.41) is 12.4. The lowest BCUT2D eigenvalue weighted by Gasteiger charge is -2.19. The average Bonchev–Trinajstić information content (AvgIpc) is 3.55. The first kappa shape index (κ1) is 20.1. The van der Waals surface area contributed by atoms with Gasteiger partial charge in [0.1, 0.15) is 6.04 Å². The zero-order valence-corrected chi connectivity index (χ0v) is 17.9. The van der Waals surface area contributed by atoms with Gasteiger partial charge < -0.3 is 9.84 Å². The first-order valence-corrected chi connectivity index (χ1v) is 10.7. The summed E-state index contributed by atoms with van der Waals surface area (Å²) in [6.45, 7) is 3.95. The van der Waals surface area contributed by atoms with Crippen molar-refractivity contribution in [3.63, 3.8) is 0 Å². The molecule has 1 amide bonds. The Hall–Kier alpha value is -3.81. The second-order valence-corrected chi connectivity index (χ2v) is 8.41. The Morgan fingerprint density at radius 1 is 1.06 bits per heavy atom. The third-order valence-electron chi connectivity index (χ3n) is 5.64. The molecule has 2 aromatic heterocycles. The Balaban J connectivity index is 1.56. The van der Waals surface area contributed by atoms with Gasteiger partial charge in [-0.3, -0.25) is 9.59 Å². The monoisotopic (exact) mass is 429 g/mol. The van der Waals surface area contributed by atoms with E-state index in [9.17, 15) is 9.59 Å². The summed E-state index contributed by atoms with van der Waals surface area (Å²) in [5.41, 5.74) is 0.468. The van der Waals surface area contributed by atoms with Crippen molar-refractivity contribution < 1.29 is 9.32 Å². The fourth-order valence-corrected chi connectivity index (χ4v) is 3.71. The maximum absolute atomic E-state index is 13.4. The molecule has 8 heteroatoms. The van der Waals surface area contributed by atoms with Crippen molar-refractivity contribution in [2.24, 2.45) is 5.92 Å². The molecule has 2 heterocycles. The lowest BCUT2D eigenvalue weighted by Crippen LogP contribution is -2.34. The Bertz CT molecular complexity index is 1340. The van der Waals surface area contributed by atoms with E-state index in [1.165, 1.54) is 4.68 Å². The molecule has 1 atom stereocenters. The molecule has 0 bridgehead atoms. The molecular formula is C24H23N5O3. The van der Waals surface area contributed by atoms with Crippen LogP contribution in [-0.4, -0.2) is 25.8 Å². The van der Waals surface area contributed by atoms with Gasteiger partial charge in [0.2, 0.25) is 5.89 Å². The second kappa shape index (κ2) is 8.03. The maximum atomic E-state index is 13.4. The van der Waals surface area contributed by atoms with Gasteiger partial charge >= 0.3 is 0 Å². The molecule has 0 aliphatic heterocycles. The molecular weight excluding hydrogens is 406 g/mol. The molecule has 32 heavy (non-hydrogen) atoms. The van der Waals surface area contributed by atoms with Gasteiger partial charge in [-0.1, -0.05) is 55.4 Å². The Morgan fingerprint density at radius 2 is 1.75 bits per heavy atom. The maximum Gasteiger partial charge on any atom is 0.279 e. The standard InChI is InChI=1S/C24H23N5O3/c1-14(2)19(23-26-21(28-32-23)15-12-13-15)25-22(30)20-17-10-6-7-11-18(17)24(31)29(27-20)16-8-4-3-5-9-16/h3-11,14-15,19H,12-13H2,1-2H3,(H,25,30). The molecule has 4 aromatic rings. The zero-order valence-electron chi connectivity index (χ0n) is 17.9. The number of rotatable bonds is 6. The molecule has 0 saturated heterocycles. The fraction of sp³-hybridized carbons (Fsp3) is 0.292. The summed E-state index contributed by atoms with van der Waals surface area (Å²) < 4.78 is 6.74. The molecule has 1 unspecified atom stereocenters. The molecule has 0 spiro atoms. The Labute approximate surface area is 184 Å². The number of hydrogen-bond acceptors (Lipinski definition) is 6. The molecule has 5 rings (SSSR count). The van der Waals surface area contributed by atoms with Crippen LogP contribution in [0.5, 0.6) is 0 Å². The minimum Gasteiger partial charge on any atom is -0.339 e. The fourth-order valence-electron chi connectivity index (χ4n) is 3.71. The summed E-state index contributed by atoms with van der Waals surface area (Å²) >= 11 is 0. The van der Waals surface area contributed by atoms with Crippen LogP contribution in [0, 0.1) is 5.92 Å². The SMILES string of the molecule is CC(C)C(NC(=O)c1nn(-c2ccccc2)c(=O)c2ccccc12)c1nc(C2CC2)no1. The van der Waals surface area contributed by atoms with Crippen molar-refractivity contribution in [3.8, 4) is 5.69 Å². The van der Waals surface area contributed by atoms with Crippen molar-refractivity contribution in [2.75, 3.05) is 0 Å². The predicted molar refractivity (Wildman–Crippen MR) is 119 cm³/mol. The summed E-state index contributed by atoms with van der Waals surface area (Å²) in [6, 6.07) is 15.6. The molecule has 1 N–H and O–H groups in total. The molecule has 8 nitrogen and oxygen atoms in total. The number of hydrogen-bond donors (Lipinski definition) is 1. The lowest BCUT2D eigenvalue weighted by molar-refractivity contribution is 0.0909. The van der Waals surface area contributed by atoms with Crippen molar-refractivity contribution in [2.45, 2.75) is 38.6 Å². The second-order valence-electron chi connectivity index (χ2n) is 8.41. The highest BCUT2D eigenvalue weighted by atomic mass is 16.5. The minimum absolute atomic E-state index is 0.0118. The number of benzene rings is 2. The van der Waals surface area contributed by atoms with Crippen molar-refractivity contribution >= 4 is 16.7 Å². The first-order valence-electron chi connectivity index (χ1n) is 10.7. The molecule has 1 fully saturated rings. The van der Waals surface area contributed by atoms with Gasteiger partial charge in [-0.2, -0.15) is 14.8 Å². The zero-order chi connectivity index (χ0) is 22.2. The highest BCUT2D eigenvalue weighted by molar-refractivity contribution is 6.05. The van der Waals surface area contributed by atoms with Crippen LogP contribution in [-0.2, 0) is 0 Å². The summed E-state index contributed by atoms with van der Waals surface area (Å²) in [7, 11) is 0. The molecule has 2 aromatic carbocycles. The van der Waals surface area contributed by atoms with Crippen LogP contribution < -0.4 is 10.9 Å². The molecule has 0 radical (unpaired) electrons. The van der Waals surface area contributed by atoms with Gasteiger partial charge in [0, 0.05) is 11.3 Å². The number of nitrogens with zero attached hydrogens (tertiary/aromatic N) is 4. The molecule has 1 aliphatic rings. The van der Waals surface area contributed by atoms with E-state index in [2.05, 4.69) is 20.6 Å². The van der Waals surface area contributed by atoms with Crippen LogP contribution in [0.2, 0.25) is 0 Å². The van der Waals surface area contributed by atoms with E-state index < -0.39 is 11.9 Å². The largest absolute Gasteiger partial charge is 0.339 e. The lowest BCUT2D eigenvalue weighted by atomic mass is 10.0.